The SMILES string of the molecule is Cc1ccc(C2CCCN2C(=O)C(C)C2CNC2)cc1.Cl. The van der Waals surface area contributed by atoms with Crippen LogP contribution in [0.3, 0.4) is 0 Å². The molecule has 0 aromatic heterocycles. The smallest absolute Gasteiger partial charge is 0.226 e. The lowest BCUT2D eigenvalue weighted by Crippen LogP contribution is -2.50. The summed E-state index contributed by atoms with van der Waals surface area (Å²) in [6, 6.07) is 8.95. The maximum atomic E-state index is 12.7. The van der Waals surface area contributed by atoms with Gasteiger partial charge in [0.2, 0.25) is 5.91 Å². The van der Waals surface area contributed by atoms with E-state index < -0.39 is 0 Å². The van der Waals surface area contributed by atoms with Crippen molar-refractivity contribution in [3.63, 3.8) is 0 Å². The first-order chi connectivity index (χ1) is 9.66. The molecule has 1 aromatic rings. The Morgan fingerprint density at radius 2 is 1.95 bits per heavy atom. The van der Waals surface area contributed by atoms with E-state index in [-0.39, 0.29) is 18.3 Å². The predicted octanol–water partition coefficient (Wildman–Crippen LogP) is 2.94. The average Bonchev–Trinajstić information content (AvgIpc) is 2.85. The molecule has 0 spiro atoms. The Labute approximate surface area is 133 Å². The minimum Gasteiger partial charge on any atom is -0.335 e. The highest BCUT2D eigenvalue weighted by atomic mass is 35.5. The molecule has 3 rings (SSSR count). The summed E-state index contributed by atoms with van der Waals surface area (Å²) in [7, 11) is 0. The molecule has 0 radical (unpaired) electrons. The second-order valence-electron chi connectivity index (χ2n) is 6.31. The number of nitrogens with zero attached hydrogens (tertiary/aromatic N) is 1. The van der Waals surface area contributed by atoms with Crippen LogP contribution in [-0.4, -0.2) is 30.4 Å². The number of halogens is 1. The van der Waals surface area contributed by atoms with Gasteiger partial charge in [-0.2, -0.15) is 0 Å². The molecule has 2 saturated heterocycles. The fourth-order valence-electron chi connectivity index (χ4n) is 3.29. The van der Waals surface area contributed by atoms with Crippen molar-refractivity contribution in [1.29, 1.82) is 0 Å². The van der Waals surface area contributed by atoms with Gasteiger partial charge in [-0.1, -0.05) is 36.8 Å². The van der Waals surface area contributed by atoms with Crippen LogP contribution >= 0.6 is 12.4 Å². The number of hydrogen-bond donors (Lipinski definition) is 1. The predicted molar refractivity (Wildman–Crippen MR) is 87.6 cm³/mol. The molecule has 1 amide bonds. The van der Waals surface area contributed by atoms with E-state index in [9.17, 15) is 4.79 Å². The summed E-state index contributed by atoms with van der Waals surface area (Å²) < 4.78 is 0. The van der Waals surface area contributed by atoms with Crippen molar-refractivity contribution in [1.82, 2.24) is 10.2 Å². The lowest BCUT2D eigenvalue weighted by molar-refractivity contribution is -0.138. The monoisotopic (exact) mass is 308 g/mol. The van der Waals surface area contributed by atoms with Gasteiger partial charge in [-0.3, -0.25) is 4.79 Å². The van der Waals surface area contributed by atoms with Crippen molar-refractivity contribution < 1.29 is 4.79 Å². The van der Waals surface area contributed by atoms with Crippen LogP contribution in [-0.2, 0) is 4.79 Å². The van der Waals surface area contributed by atoms with Crippen molar-refractivity contribution >= 4 is 18.3 Å². The van der Waals surface area contributed by atoms with E-state index in [1.54, 1.807) is 0 Å². The van der Waals surface area contributed by atoms with E-state index >= 15 is 0 Å². The first-order valence-electron chi connectivity index (χ1n) is 7.74. The number of nitrogens with one attached hydrogen (secondary N) is 1. The normalized spacial score (nSPS) is 23.3. The van der Waals surface area contributed by atoms with Crippen LogP contribution in [0.5, 0.6) is 0 Å². The van der Waals surface area contributed by atoms with Gasteiger partial charge >= 0.3 is 0 Å². The van der Waals surface area contributed by atoms with Gasteiger partial charge in [-0.05, 0) is 44.3 Å². The third-order valence-corrected chi connectivity index (χ3v) is 4.91. The summed E-state index contributed by atoms with van der Waals surface area (Å²) in [4.78, 5) is 14.8. The Bertz CT molecular complexity index is 484. The van der Waals surface area contributed by atoms with Crippen molar-refractivity contribution in [2.24, 2.45) is 11.8 Å². The number of carbonyl (C=O) groups is 1. The zero-order valence-electron chi connectivity index (χ0n) is 12.8. The van der Waals surface area contributed by atoms with Gasteiger partial charge in [0.1, 0.15) is 0 Å². The fraction of sp³-hybridized carbons (Fsp3) is 0.588. The van der Waals surface area contributed by atoms with Crippen molar-refractivity contribution in [3.05, 3.63) is 35.4 Å². The van der Waals surface area contributed by atoms with Crippen LogP contribution in [0, 0.1) is 18.8 Å². The van der Waals surface area contributed by atoms with Crippen LogP contribution in [0.2, 0.25) is 0 Å². The van der Waals surface area contributed by atoms with Gasteiger partial charge in [0.05, 0.1) is 6.04 Å². The molecule has 0 saturated carbocycles. The summed E-state index contributed by atoms with van der Waals surface area (Å²) in [6.07, 6.45) is 2.23. The van der Waals surface area contributed by atoms with Crippen LogP contribution in [0.4, 0.5) is 0 Å². The van der Waals surface area contributed by atoms with E-state index in [0.717, 1.165) is 32.5 Å². The molecule has 2 aliphatic heterocycles. The fourth-order valence-corrected chi connectivity index (χ4v) is 3.29. The highest BCUT2D eigenvalue weighted by molar-refractivity contribution is 5.85. The summed E-state index contributed by atoms with van der Waals surface area (Å²) in [6.45, 7) is 7.11. The molecule has 3 nitrogen and oxygen atoms in total. The molecular formula is C17H25ClN2O. The molecule has 1 aromatic carbocycles. The number of carbonyl (C=O) groups excluding carboxylic acids is 1. The maximum absolute atomic E-state index is 12.7. The number of likely N-dealkylation sites (tertiary alicyclic amines) is 1. The zero-order valence-corrected chi connectivity index (χ0v) is 13.7. The Balaban J connectivity index is 0.00000161. The van der Waals surface area contributed by atoms with E-state index in [0.29, 0.717) is 17.9 Å². The number of amides is 1. The number of rotatable bonds is 3. The molecule has 2 heterocycles. The molecular weight excluding hydrogens is 284 g/mol. The molecule has 0 bridgehead atoms. The minimum absolute atomic E-state index is 0. The number of hydrogen-bond acceptors (Lipinski definition) is 2. The Kier molecular flexibility index (Phi) is 5.28. The van der Waals surface area contributed by atoms with Crippen molar-refractivity contribution in [2.75, 3.05) is 19.6 Å². The second-order valence-corrected chi connectivity index (χ2v) is 6.31. The molecule has 2 unspecified atom stereocenters. The van der Waals surface area contributed by atoms with Crippen LogP contribution in [0.25, 0.3) is 0 Å². The van der Waals surface area contributed by atoms with E-state index in [2.05, 4.69) is 48.3 Å². The van der Waals surface area contributed by atoms with Gasteiger partial charge in [-0.25, -0.2) is 0 Å². The van der Waals surface area contributed by atoms with Crippen molar-refractivity contribution in [2.45, 2.75) is 32.7 Å². The molecule has 116 valence electrons. The lowest BCUT2D eigenvalue weighted by atomic mass is 9.87. The summed E-state index contributed by atoms with van der Waals surface area (Å²) in [5, 5.41) is 3.27. The molecule has 1 N–H and O–H groups in total. The van der Waals surface area contributed by atoms with Crippen molar-refractivity contribution in [3.8, 4) is 0 Å². The van der Waals surface area contributed by atoms with Gasteiger partial charge in [0.25, 0.3) is 0 Å². The van der Waals surface area contributed by atoms with Gasteiger partial charge in [0.15, 0.2) is 0 Å². The quantitative estimate of drug-likeness (QED) is 0.931. The van der Waals surface area contributed by atoms with Crippen LogP contribution in [0.15, 0.2) is 24.3 Å². The molecule has 21 heavy (non-hydrogen) atoms. The third kappa shape index (κ3) is 3.24. The van der Waals surface area contributed by atoms with E-state index in [1.807, 2.05) is 0 Å². The molecule has 2 atom stereocenters. The Hall–Kier alpha value is -1.06. The summed E-state index contributed by atoms with van der Waals surface area (Å²) in [5.74, 6) is 1.03. The van der Waals surface area contributed by atoms with Gasteiger partial charge < -0.3 is 10.2 Å². The van der Waals surface area contributed by atoms with Crippen LogP contribution in [0.1, 0.15) is 36.9 Å². The molecule has 2 fully saturated rings. The second kappa shape index (κ2) is 6.80. The van der Waals surface area contributed by atoms with E-state index in [1.165, 1.54) is 11.1 Å². The molecule has 4 heteroatoms. The molecule has 2 aliphatic rings. The first kappa shape index (κ1) is 16.3. The topological polar surface area (TPSA) is 32.3 Å². The average molecular weight is 309 g/mol. The van der Waals surface area contributed by atoms with Crippen LogP contribution < -0.4 is 5.32 Å². The zero-order chi connectivity index (χ0) is 14.1. The number of aryl methyl sites for hydroxylation is 1. The third-order valence-electron chi connectivity index (χ3n) is 4.91. The highest BCUT2D eigenvalue weighted by Gasteiger charge is 2.36. The standard InChI is InChI=1S/C17H24N2O.ClH/c1-12-5-7-14(8-6-12)16-4-3-9-19(16)17(20)13(2)15-10-18-11-15;/h5-8,13,15-16,18H,3-4,9-11H2,1-2H3;1H. The summed E-state index contributed by atoms with van der Waals surface area (Å²) in [5.41, 5.74) is 2.57. The van der Waals surface area contributed by atoms with Gasteiger partial charge in [-0.15, -0.1) is 12.4 Å². The first-order valence-corrected chi connectivity index (χ1v) is 7.74. The minimum atomic E-state index is 0. The largest absolute Gasteiger partial charge is 0.335 e. The Morgan fingerprint density at radius 1 is 1.29 bits per heavy atom. The van der Waals surface area contributed by atoms with E-state index in [4.69, 9.17) is 0 Å². The summed E-state index contributed by atoms with van der Waals surface area (Å²) >= 11 is 0. The number of benzene rings is 1. The highest BCUT2D eigenvalue weighted by Crippen LogP contribution is 2.34. The Morgan fingerprint density at radius 3 is 2.52 bits per heavy atom. The lowest BCUT2D eigenvalue weighted by Gasteiger charge is -2.35. The molecule has 0 aliphatic carbocycles. The maximum Gasteiger partial charge on any atom is 0.226 e. The van der Waals surface area contributed by atoms with Gasteiger partial charge in [0, 0.05) is 12.5 Å².